The molecular formula is C10H13N5O4. The number of aromatic nitrogens is 3. The van der Waals surface area contributed by atoms with E-state index in [1.807, 2.05) is 0 Å². The molecule has 2 rings (SSSR count). The minimum Gasteiger partial charge on any atom is -0.480 e. The lowest BCUT2D eigenvalue weighted by molar-refractivity contribution is -0.148. The maximum Gasteiger partial charge on any atom is 0.329 e. The molecule has 2 heterocycles. The fourth-order valence-electron chi connectivity index (χ4n) is 1.77. The lowest BCUT2D eigenvalue weighted by Crippen LogP contribution is -2.58. The Labute approximate surface area is 108 Å². The molecule has 9 heteroatoms. The monoisotopic (exact) mass is 267 g/mol. The van der Waals surface area contributed by atoms with Gasteiger partial charge in [0, 0.05) is 26.1 Å². The standard InChI is InChI=1S/C10H13N5O4/c16-7(17)10(1-5-19-6-2-10)14-9(18)13-8-11-3-4-12-15-8/h3-4H,1-2,5-6H2,(H,16,17)(H2,11,13,14,15,18). The number of urea groups is 1. The van der Waals surface area contributed by atoms with Gasteiger partial charge in [0.2, 0.25) is 0 Å². The van der Waals surface area contributed by atoms with E-state index in [1.54, 1.807) is 0 Å². The highest BCUT2D eigenvalue weighted by atomic mass is 16.5. The molecule has 0 unspecified atom stereocenters. The zero-order chi connectivity index (χ0) is 13.7. The number of carboxylic acid groups (broad SMARTS) is 1. The Balaban J connectivity index is 2.01. The third kappa shape index (κ3) is 3.13. The van der Waals surface area contributed by atoms with Gasteiger partial charge in [-0.25, -0.2) is 14.6 Å². The van der Waals surface area contributed by atoms with Gasteiger partial charge in [0.15, 0.2) is 0 Å². The summed E-state index contributed by atoms with van der Waals surface area (Å²) in [7, 11) is 0. The molecule has 3 N–H and O–H groups in total. The van der Waals surface area contributed by atoms with Gasteiger partial charge >= 0.3 is 12.0 Å². The lowest BCUT2D eigenvalue weighted by atomic mass is 9.90. The van der Waals surface area contributed by atoms with Crippen LogP contribution >= 0.6 is 0 Å². The Hall–Kier alpha value is -2.29. The Kier molecular flexibility index (Phi) is 3.85. The van der Waals surface area contributed by atoms with Crippen molar-refractivity contribution < 1.29 is 19.4 Å². The predicted molar refractivity (Wildman–Crippen MR) is 62.4 cm³/mol. The van der Waals surface area contributed by atoms with Crippen LogP contribution in [0.2, 0.25) is 0 Å². The van der Waals surface area contributed by atoms with E-state index >= 15 is 0 Å². The summed E-state index contributed by atoms with van der Waals surface area (Å²) < 4.78 is 5.11. The predicted octanol–water partition coefficient (Wildman–Crippen LogP) is -0.373. The Bertz CT molecular complexity index is 460. The molecule has 0 aliphatic carbocycles. The first-order chi connectivity index (χ1) is 9.12. The van der Waals surface area contributed by atoms with Crippen LogP contribution in [0.5, 0.6) is 0 Å². The van der Waals surface area contributed by atoms with Crippen LogP contribution in [0.25, 0.3) is 0 Å². The van der Waals surface area contributed by atoms with Crippen molar-refractivity contribution >= 4 is 17.9 Å². The molecule has 0 aromatic carbocycles. The SMILES string of the molecule is O=C(Nc1nccnn1)NC1(C(=O)O)CCOCC1. The number of amides is 2. The summed E-state index contributed by atoms with van der Waals surface area (Å²) in [4.78, 5) is 26.8. The van der Waals surface area contributed by atoms with Gasteiger partial charge in [0.25, 0.3) is 5.95 Å². The first-order valence-electron chi connectivity index (χ1n) is 5.66. The number of anilines is 1. The smallest absolute Gasteiger partial charge is 0.329 e. The highest BCUT2D eigenvalue weighted by Crippen LogP contribution is 2.21. The van der Waals surface area contributed by atoms with E-state index in [4.69, 9.17) is 4.74 Å². The number of nitrogens with zero attached hydrogens (tertiary/aromatic N) is 3. The van der Waals surface area contributed by atoms with Crippen LogP contribution in [0.1, 0.15) is 12.8 Å². The van der Waals surface area contributed by atoms with Crippen LogP contribution < -0.4 is 10.6 Å². The van der Waals surface area contributed by atoms with Crippen molar-refractivity contribution in [1.82, 2.24) is 20.5 Å². The largest absolute Gasteiger partial charge is 0.480 e. The Morgan fingerprint density at radius 1 is 1.32 bits per heavy atom. The van der Waals surface area contributed by atoms with Crippen molar-refractivity contribution in [2.45, 2.75) is 18.4 Å². The van der Waals surface area contributed by atoms with Gasteiger partial charge in [-0.3, -0.25) is 5.32 Å². The van der Waals surface area contributed by atoms with E-state index in [9.17, 15) is 14.7 Å². The second-order valence-corrected chi connectivity index (χ2v) is 4.05. The number of aliphatic carboxylic acids is 1. The van der Waals surface area contributed by atoms with Gasteiger partial charge in [0.05, 0.1) is 12.4 Å². The molecule has 19 heavy (non-hydrogen) atoms. The molecule has 1 saturated heterocycles. The first kappa shape index (κ1) is 13.1. The third-order valence-corrected chi connectivity index (χ3v) is 2.82. The van der Waals surface area contributed by atoms with Crippen molar-refractivity contribution in [3.05, 3.63) is 12.4 Å². The Morgan fingerprint density at radius 3 is 2.63 bits per heavy atom. The summed E-state index contributed by atoms with van der Waals surface area (Å²) in [5, 5.41) is 21.2. The van der Waals surface area contributed by atoms with E-state index in [1.165, 1.54) is 12.4 Å². The van der Waals surface area contributed by atoms with Crippen LogP contribution in [0.4, 0.5) is 10.7 Å². The van der Waals surface area contributed by atoms with Crippen molar-refractivity contribution in [3.63, 3.8) is 0 Å². The van der Waals surface area contributed by atoms with Crippen LogP contribution in [0.15, 0.2) is 12.4 Å². The molecule has 1 aliphatic heterocycles. The van der Waals surface area contributed by atoms with Gasteiger partial charge in [-0.2, -0.15) is 5.10 Å². The zero-order valence-corrected chi connectivity index (χ0v) is 10.00. The quantitative estimate of drug-likeness (QED) is 0.681. The van der Waals surface area contributed by atoms with E-state index in [2.05, 4.69) is 25.8 Å². The number of carbonyl (C=O) groups is 2. The molecule has 1 fully saturated rings. The van der Waals surface area contributed by atoms with Gasteiger partial charge in [-0.15, -0.1) is 5.10 Å². The van der Waals surface area contributed by atoms with Crippen LogP contribution in [-0.2, 0) is 9.53 Å². The normalized spacial score (nSPS) is 17.5. The average molecular weight is 267 g/mol. The van der Waals surface area contributed by atoms with Crippen molar-refractivity contribution in [2.75, 3.05) is 18.5 Å². The lowest BCUT2D eigenvalue weighted by Gasteiger charge is -2.33. The topological polar surface area (TPSA) is 126 Å². The molecule has 102 valence electrons. The molecule has 9 nitrogen and oxygen atoms in total. The Morgan fingerprint density at radius 2 is 2.05 bits per heavy atom. The fourth-order valence-corrected chi connectivity index (χ4v) is 1.77. The van der Waals surface area contributed by atoms with Gasteiger partial charge < -0.3 is 15.2 Å². The average Bonchev–Trinajstić information content (AvgIpc) is 2.40. The number of ether oxygens (including phenoxy) is 1. The molecule has 0 radical (unpaired) electrons. The highest BCUT2D eigenvalue weighted by molar-refractivity contribution is 5.92. The van der Waals surface area contributed by atoms with Gasteiger partial charge in [-0.05, 0) is 0 Å². The molecule has 1 aromatic heterocycles. The van der Waals surface area contributed by atoms with Crippen molar-refractivity contribution in [3.8, 4) is 0 Å². The molecule has 0 bridgehead atoms. The summed E-state index contributed by atoms with van der Waals surface area (Å²) in [5.74, 6) is -1.08. The maximum atomic E-state index is 11.8. The summed E-state index contributed by atoms with van der Waals surface area (Å²) in [6.45, 7) is 0.575. The molecule has 1 aliphatic rings. The van der Waals surface area contributed by atoms with Crippen LogP contribution in [0, 0.1) is 0 Å². The second-order valence-electron chi connectivity index (χ2n) is 4.05. The summed E-state index contributed by atoms with van der Waals surface area (Å²) in [6.07, 6.45) is 3.15. The van der Waals surface area contributed by atoms with Crippen LogP contribution in [0.3, 0.4) is 0 Å². The molecule has 0 spiro atoms. The second kappa shape index (κ2) is 5.57. The zero-order valence-electron chi connectivity index (χ0n) is 10.00. The third-order valence-electron chi connectivity index (χ3n) is 2.82. The molecule has 0 saturated carbocycles. The highest BCUT2D eigenvalue weighted by Gasteiger charge is 2.41. The van der Waals surface area contributed by atoms with Crippen molar-refractivity contribution in [1.29, 1.82) is 0 Å². The fraction of sp³-hybridized carbons (Fsp3) is 0.500. The van der Waals surface area contributed by atoms with Crippen LogP contribution in [-0.4, -0.2) is 51.0 Å². The number of hydrogen-bond acceptors (Lipinski definition) is 6. The van der Waals surface area contributed by atoms with Gasteiger partial charge in [-0.1, -0.05) is 0 Å². The number of rotatable bonds is 3. The van der Waals surface area contributed by atoms with Gasteiger partial charge in [0.1, 0.15) is 5.54 Å². The number of carbonyl (C=O) groups excluding carboxylic acids is 1. The minimum atomic E-state index is -1.31. The van der Waals surface area contributed by atoms with E-state index in [0.29, 0.717) is 0 Å². The number of hydrogen-bond donors (Lipinski definition) is 3. The maximum absolute atomic E-state index is 11.8. The van der Waals surface area contributed by atoms with E-state index in [0.717, 1.165) is 0 Å². The molecular weight excluding hydrogens is 254 g/mol. The van der Waals surface area contributed by atoms with E-state index < -0.39 is 17.5 Å². The summed E-state index contributed by atoms with van der Waals surface area (Å²) in [5.41, 5.74) is -1.31. The summed E-state index contributed by atoms with van der Waals surface area (Å²) in [6, 6.07) is -0.683. The molecule has 2 amide bonds. The first-order valence-corrected chi connectivity index (χ1v) is 5.66. The van der Waals surface area contributed by atoms with Crippen molar-refractivity contribution in [2.24, 2.45) is 0 Å². The minimum absolute atomic E-state index is 0.00704. The molecule has 0 atom stereocenters. The number of carboxylic acids is 1. The number of nitrogens with one attached hydrogen (secondary N) is 2. The van der Waals surface area contributed by atoms with E-state index in [-0.39, 0.29) is 32.0 Å². The summed E-state index contributed by atoms with van der Waals surface area (Å²) >= 11 is 0. The molecule has 1 aromatic rings.